The van der Waals surface area contributed by atoms with Crippen LogP contribution in [0.1, 0.15) is 47.8 Å². The smallest absolute Gasteiger partial charge is 0.243 e. The van der Waals surface area contributed by atoms with Crippen LogP contribution in [0.4, 0.5) is 0 Å². The van der Waals surface area contributed by atoms with E-state index in [9.17, 15) is 4.79 Å². The van der Waals surface area contributed by atoms with Crippen molar-refractivity contribution in [2.45, 2.75) is 52.1 Å². The van der Waals surface area contributed by atoms with Gasteiger partial charge in [-0.15, -0.1) is 10.2 Å². The summed E-state index contributed by atoms with van der Waals surface area (Å²) in [6.07, 6.45) is 8.46. The second kappa shape index (κ2) is 7.88. The molecule has 1 aromatic carbocycles. The van der Waals surface area contributed by atoms with E-state index in [2.05, 4.69) is 57.5 Å². The second-order valence-electron chi connectivity index (χ2n) is 7.31. The quantitative estimate of drug-likeness (QED) is 0.757. The first-order chi connectivity index (χ1) is 13.6. The van der Waals surface area contributed by atoms with E-state index < -0.39 is 0 Å². The van der Waals surface area contributed by atoms with Crippen molar-refractivity contribution in [2.24, 2.45) is 0 Å². The predicted octanol–water partition coefficient (Wildman–Crippen LogP) is 2.94. The van der Waals surface area contributed by atoms with Crippen molar-refractivity contribution in [2.75, 3.05) is 0 Å². The molecule has 0 aliphatic carbocycles. The summed E-state index contributed by atoms with van der Waals surface area (Å²) in [4.78, 5) is 21.6. The number of rotatable bonds is 4. The Labute approximate surface area is 164 Å². The molecule has 1 N–H and O–H groups in total. The number of aryl methyl sites for hydroxylation is 3. The first-order valence-corrected chi connectivity index (χ1v) is 9.67. The number of nitrogens with one attached hydrogen (secondary N) is 1. The monoisotopic (exact) mass is 376 g/mol. The lowest BCUT2D eigenvalue weighted by Crippen LogP contribution is -2.33. The lowest BCUT2D eigenvalue weighted by atomic mass is 10.1. The Hall–Kier alpha value is -3.09. The Bertz CT molecular complexity index is 982. The van der Waals surface area contributed by atoms with Crippen LogP contribution in [-0.4, -0.2) is 30.6 Å². The van der Waals surface area contributed by atoms with E-state index in [0.29, 0.717) is 18.1 Å². The molecule has 0 saturated carbocycles. The van der Waals surface area contributed by atoms with Gasteiger partial charge in [-0.05, 0) is 37.8 Å². The molecular weight excluding hydrogens is 352 g/mol. The topological polar surface area (TPSA) is 85.6 Å². The third-order valence-electron chi connectivity index (χ3n) is 5.26. The van der Waals surface area contributed by atoms with Crippen molar-refractivity contribution < 1.29 is 4.79 Å². The zero-order chi connectivity index (χ0) is 19.5. The Kier molecular flexibility index (Phi) is 5.14. The van der Waals surface area contributed by atoms with Crippen LogP contribution in [0.5, 0.6) is 0 Å². The molecule has 1 amide bonds. The number of amides is 1. The van der Waals surface area contributed by atoms with Crippen LogP contribution in [0.3, 0.4) is 0 Å². The van der Waals surface area contributed by atoms with Crippen LogP contribution in [0.15, 0.2) is 36.8 Å². The predicted molar refractivity (Wildman–Crippen MR) is 105 cm³/mol. The molecule has 7 nitrogen and oxygen atoms in total. The van der Waals surface area contributed by atoms with Crippen molar-refractivity contribution >= 4 is 5.91 Å². The van der Waals surface area contributed by atoms with Gasteiger partial charge in [0.05, 0.1) is 6.20 Å². The van der Waals surface area contributed by atoms with Gasteiger partial charge in [0.1, 0.15) is 17.6 Å². The van der Waals surface area contributed by atoms with Crippen molar-refractivity contribution in [3.63, 3.8) is 0 Å². The number of carbonyl (C=O) groups excluding carboxylic acids is 1. The van der Waals surface area contributed by atoms with Crippen molar-refractivity contribution in [1.29, 1.82) is 0 Å². The zero-order valence-electron chi connectivity index (χ0n) is 16.2. The SMILES string of the molecule is Cc1ccc(C)c(CNC(=O)C2CCCCc3nnc(-c4cnccn4)n32)c1. The van der Waals surface area contributed by atoms with Gasteiger partial charge in [0.25, 0.3) is 0 Å². The molecule has 4 rings (SSSR count). The van der Waals surface area contributed by atoms with Crippen molar-refractivity contribution in [1.82, 2.24) is 30.0 Å². The van der Waals surface area contributed by atoms with E-state index in [1.165, 1.54) is 11.1 Å². The third kappa shape index (κ3) is 3.65. The van der Waals surface area contributed by atoms with Gasteiger partial charge in [0, 0.05) is 25.4 Å². The average Bonchev–Trinajstić information content (AvgIpc) is 3.01. The summed E-state index contributed by atoms with van der Waals surface area (Å²) in [5, 5.41) is 11.8. The van der Waals surface area contributed by atoms with E-state index in [0.717, 1.165) is 37.1 Å². The molecule has 1 atom stereocenters. The molecule has 144 valence electrons. The van der Waals surface area contributed by atoms with Gasteiger partial charge < -0.3 is 5.32 Å². The van der Waals surface area contributed by atoms with Gasteiger partial charge >= 0.3 is 0 Å². The Balaban J connectivity index is 1.61. The highest BCUT2D eigenvalue weighted by Gasteiger charge is 2.29. The number of hydrogen-bond acceptors (Lipinski definition) is 5. The zero-order valence-corrected chi connectivity index (χ0v) is 16.2. The highest BCUT2D eigenvalue weighted by Crippen LogP contribution is 2.28. The molecule has 28 heavy (non-hydrogen) atoms. The van der Waals surface area contributed by atoms with E-state index in [4.69, 9.17) is 0 Å². The van der Waals surface area contributed by atoms with Gasteiger partial charge in [0.15, 0.2) is 5.82 Å². The number of fused-ring (bicyclic) bond motifs is 1. The summed E-state index contributed by atoms with van der Waals surface area (Å²) in [6.45, 7) is 4.64. The van der Waals surface area contributed by atoms with Crippen LogP contribution >= 0.6 is 0 Å². The molecular formula is C21H24N6O. The van der Waals surface area contributed by atoms with E-state index in [1.807, 2.05) is 4.57 Å². The molecule has 0 bridgehead atoms. The Morgan fingerprint density at radius 3 is 2.93 bits per heavy atom. The molecule has 3 aromatic rings. The van der Waals surface area contributed by atoms with Crippen LogP contribution in [0.25, 0.3) is 11.5 Å². The van der Waals surface area contributed by atoms with Gasteiger partial charge in [-0.25, -0.2) is 4.98 Å². The van der Waals surface area contributed by atoms with Gasteiger partial charge in [-0.3, -0.25) is 14.3 Å². The lowest BCUT2D eigenvalue weighted by molar-refractivity contribution is -0.124. The molecule has 1 unspecified atom stereocenters. The maximum atomic E-state index is 13.1. The second-order valence-corrected chi connectivity index (χ2v) is 7.31. The molecule has 0 fully saturated rings. The van der Waals surface area contributed by atoms with Crippen LogP contribution in [0.2, 0.25) is 0 Å². The fraction of sp³-hybridized carbons (Fsp3) is 0.381. The minimum Gasteiger partial charge on any atom is -0.350 e. The summed E-state index contributed by atoms with van der Waals surface area (Å²) in [5.41, 5.74) is 4.14. The van der Waals surface area contributed by atoms with Crippen molar-refractivity contribution in [3.8, 4) is 11.5 Å². The highest BCUT2D eigenvalue weighted by atomic mass is 16.2. The molecule has 0 radical (unpaired) electrons. The van der Waals surface area contributed by atoms with Crippen LogP contribution in [-0.2, 0) is 17.8 Å². The summed E-state index contributed by atoms with van der Waals surface area (Å²) in [6, 6.07) is 5.96. The number of hydrogen-bond donors (Lipinski definition) is 1. The van der Waals surface area contributed by atoms with E-state index in [-0.39, 0.29) is 11.9 Å². The molecule has 2 aromatic heterocycles. The highest BCUT2D eigenvalue weighted by molar-refractivity contribution is 5.81. The standard InChI is InChI=1S/C21H24N6O/c1-14-7-8-15(2)16(11-14)12-24-21(28)18-5-3-4-6-19-25-26-20(27(18)19)17-13-22-9-10-23-17/h7-11,13,18H,3-6,12H2,1-2H3,(H,24,28). The molecule has 1 aliphatic rings. The summed E-state index contributed by atoms with van der Waals surface area (Å²) in [7, 11) is 0. The van der Waals surface area contributed by atoms with Gasteiger partial charge in [0.2, 0.25) is 5.91 Å². The van der Waals surface area contributed by atoms with Crippen molar-refractivity contribution in [3.05, 3.63) is 59.3 Å². The summed E-state index contributed by atoms with van der Waals surface area (Å²) in [5.74, 6) is 1.44. The maximum absolute atomic E-state index is 13.1. The molecule has 1 aliphatic heterocycles. The minimum atomic E-state index is -0.338. The lowest BCUT2D eigenvalue weighted by Gasteiger charge is -2.20. The van der Waals surface area contributed by atoms with Crippen LogP contribution in [0, 0.1) is 13.8 Å². The third-order valence-corrected chi connectivity index (χ3v) is 5.26. The summed E-state index contributed by atoms with van der Waals surface area (Å²) >= 11 is 0. The van der Waals surface area contributed by atoms with E-state index >= 15 is 0 Å². The largest absolute Gasteiger partial charge is 0.350 e. The molecule has 7 heteroatoms. The fourth-order valence-electron chi connectivity index (χ4n) is 3.70. The molecule has 3 heterocycles. The molecule has 0 saturated heterocycles. The Morgan fingerprint density at radius 2 is 2.11 bits per heavy atom. The summed E-state index contributed by atoms with van der Waals surface area (Å²) < 4.78 is 1.95. The number of benzene rings is 1. The van der Waals surface area contributed by atoms with Gasteiger partial charge in [-0.2, -0.15) is 0 Å². The fourth-order valence-corrected chi connectivity index (χ4v) is 3.70. The normalized spacial score (nSPS) is 16.3. The maximum Gasteiger partial charge on any atom is 0.243 e. The first kappa shape index (κ1) is 18.3. The number of aromatic nitrogens is 5. The number of carbonyl (C=O) groups is 1. The first-order valence-electron chi connectivity index (χ1n) is 9.67. The average molecular weight is 376 g/mol. The molecule has 0 spiro atoms. The minimum absolute atomic E-state index is 0.00556. The van der Waals surface area contributed by atoms with E-state index in [1.54, 1.807) is 18.6 Å². The number of nitrogens with zero attached hydrogens (tertiary/aromatic N) is 5. The van der Waals surface area contributed by atoms with Gasteiger partial charge in [-0.1, -0.05) is 30.2 Å². The van der Waals surface area contributed by atoms with Crippen LogP contribution < -0.4 is 5.32 Å². The Morgan fingerprint density at radius 1 is 1.21 bits per heavy atom.